The third-order valence-corrected chi connectivity index (χ3v) is 4.99. The first-order valence-electron chi connectivity index (χ1n) is 8.19. The van der Waals surface area contributed by atoms with Gasteiger partial charge in [-0.25, -0.2) is 9.97 Å². The third-order valence-electron chi connectivity index (χ3n) is 4.37. The highest BCUT2D eigenvalue weighted by atomic mass is 32.1. The van der Waals surface area contributed by atoms with Gasteiger partial charge in [-0.1, -0.05) is 12.1 Å². The Hall–Kier alpha value is -2.87. The minimum Gasteiger partial charge on any atom is -0.497 e. The molecule has 1 amide bonds. The molecule has 0 aliphatic carbocycles. The number of hydrogen-bond donors (Lipinski definition) is 0. The number of ether oxygens (including phenoxy) is 1. The van der Waals surface area contributed by atoms with Crippen LogP contribution in [0.2, 0.25) is 0 Å². The fraction of sp³-hybridized carbons (Fsp3) is 0.278. The molecule has 1 aliphatic rings. The van der Waals surface area contributed by atoms with Crippen LogP contribution in [0.15, 0.2) is 30.5 Å². The highest BCUT2D eigenvalue weighted by Crippen LogP contribution is 2.23. The van der Waals surface area contributed by atoms with Gasteiger partial charge in [0.05, 0.1) is 36.8 Å². The van der Waals surface area contributed by atoms with Gasteiger partial charge < -0.3 is 9.64 Å². The van der Waals surface area contributed by atoms with E-state index in [-0.39, 0.29) is 5.91 Å². The van der Waals surface area contributed by atoms with Crippen molar-refractivity contribution in [1.82, 2.24) is 23.6 Å². The maximum atomic E-state index is 12.6. The standard InChI is InChI=1S/C18H17N5O2S/c1-11-17(22-26-21-11)18(24)23-9-13-8-19-16(20-15(13)10-23)7-12-3-5-14(25-2)6-4-12/h3-6,8H,7,9-10H2,1-2H3. The van der Waals surface area contributed by atoms with E-state index in [0.29, 0.717) is 30.9 Å². The van der Waals surface area contributed by atoms with E-state index in [4.69, 9.17) is 4.74 Å². The van der Waals surface area contributed by atoms with Crippen molar-refractivity contribution in [3.63, 3.8) is 0 Å². The van der Waals surface area contributed by atoms with Crippen molar-refractivity contribution in [2.75, 3.05) is 7.11 Å². The summed E-state index contributed by atoms with van der Waals surface area (Å²) < 4.78 is 13.4. The Morgan fingerprint density at radius 2 is 2.04 bits per heavy atom. The summed E-state index contributed by atoms with van der Waals surface area (Å²) in [6, 6.07) is 7.85. The number of rotatable bonds is 4. The van der Waals surface area contributed by atoms with Crippen LogP contribution in [0.25, 0.3) is 0 Å². The van der Waals surface area contributed by atoms with Crippen LogP contribution in [0.3, 0.4) is 0 Å². The molecule has 1 aliphatic heterocycles. The molecule has 0 spiro atoms. The lowest BCUT2D eigenvalue weighted by atomic mass is 10.1. The van der Waals surface area contributed by atoms with Crippen LogP contribution in [0.5, 0.6) is 5.75 Å². The molecule has 3 aromatic rings. The number of carbonyl (C=O) groups is 1. The molecule has 1 aromatic carbocycles. The lowest BCUT2D eigenvalue weighted by molar-refractivity contribution is 0.0744. The van der Waals surface area contributed by atoms with Crippen molar-refractivity contribution in [1.29, 1.82) is 0 Å². The Labute approximate surface area is 155 Å². The zero-order valence-electron chi connectivity index (χ0n) is 14.5. The summed E-state index contributed by atoms with van der Waals surface area (Å²) in [4.78, 5) is 23.5. The first-order chi connectivity index (χ1) is 12.6. The third kappa shape index (κ3) is 3.15. The molecule has 4 rings (SSSR count). The van der Waals surface area contributed by atoms with Crippen LogP contribution in [0.4, 0.5) is 0 Å². The van der Waals surface area contributed by atoms with Gasteiger partial charge in [0.15, 0.2) is 5.69 Å². The van der Waals surface area contributed by atoms with Crippen LogP contribution in [0.1, 0.15) is 38.8 Å². The maximum absolute atomic E-state index is 12.6. The molecule has 0 N–H and O–H groups in total. The van der Waals surface area contributed by atoms with Gasteiger partial charge in [-0.3, -0.25) is 4.79 Å². The Morgan fingerprint density at radius 1 is 1.23 bits per heavy atom. The van der Waals surface area contributed by atoms with E-state index in [1.807, 2.05) is 30.5 Å². The van der Waals surface area contributed by atoms with E-state index in [9.17, 15) is 4.79 Å². The van der Waals surface area contributed by atoms with Gasteiger partial charge in [-0.05, 0) is 24.6 Å². The minimum absolute atomic E-state index is 0.106. The Kier molecular flexibility index (Phi) is 4.34. The van der Waals surface area contributed by atoms with Gasteiger partial charge in [0.25, 0.3) is 5.91 Å². The summed E-state index contributed by atoms with van der Waals surface area (Å²) in [5.74, 6) is 1.46. The second-order valence-corrected chi connectivity index (χ2v) is 6.67. The quantitative estimate of drug-likeness (QED) is 0.704. The predicted octanol–water partition coefficient (Wildman–Crippen LogP) is 2.39. The van der Waals surface area contributed by atoms with Gasteiger partial charge >= 0.3 is 0 Å². The van der Waals surface area contributed by atoms with Crippen LogP contribution >= 0.6 is 11.7 Å². The SMILES string of the molecule is COc1ccc(Cc2ncc3c(n2)CN(C(=O)c2nsnc2C)C3)cc1. The van der Waals surface area contributed by atoms with Crippen LogP contribution < -0.4 is 4.74 Å². The summed E-state index contributed by atoms with van der Waals surface area (Å²) in [6.07, 6.45) is 2.46. The molecule has 0 saturated carbocycles. The van der Waals surface area contributed by atoms with Gasteiger partial charge in [-0.15, -0.1) is 0 Å². The lowest BCUT2D eigenvalue weighted by Gasteiger charge is -2.13. The molecule has 26 heavy (non-hydrogen) atoms. The largest absolute Gasteiger partial charge is 0.497 e. The van der Waals surface area contributed by atoms with Gasteiger partial charge in [0, 0.05) is 24.7 Å². The van der Waals surface area contributed by atoms with Crippen molar-refractivity contribution in [2.45, 2.75) is 26.4 Å². The molecule has 0 bridgehead atoms. The summed E-state index contributed by atoms with van der Waals surface area (Å²) in [5, 5.41) is 0. The molecular weight excluding hydrogens is 350 g/mol. The number of hydrogen-bond acceptors (Lipinski definition) is 7. The van der Waals surface area contributed by atoms with Crippen molar-refractivity contribution < 1.29 is 9.53 Å². The lowest BCUT2D eigenvalue weighted by Crippen LogP contribution is -2.26. The number of aryl methyl sites for hydroxylation is 1. The Morgan fingerprint density at radius 3 is 2.73 bits per heavy atom. The van der Waals surface area contributed by atoms with Gasteiger partial charge in [0.1, 0.15) is 11.6 Å². The molecule has 0 radical (unpaired) electrons. The number of aromatic nitrogens is 4. The molecule has 0 saturated heterocycles. The molecule has 132 valence electrons. The monoisotopic (exact) mass is 367 g/mol. The Balaban J connectivity index is 1.49. The first-order valence-corrected chi connectivity index (χ1v) is 8.92. The zero-order valence-corrected chi connectivity index (χ0v) is 15.3. The summed E-state index contributed by atoms with van der Waals surface area (Å²) in [7, 11) is 1.65. The van der Waals surface area contributed by atoms with E-state index in [2.05, 4.69) is 18.7 Å². The molecule has 0 fully saturated rings. The highest BCUT2D eigenvalue weighted by molar-refractivity contribution is 6.99. The van der Waals surface area contributed by atoms with E-state index in [1.54, 1.807) is 18.9 Å². The number of fused-ring (bicyclic) bond motifs is 1. The second-order valence-electron chi connectivity index (χ2n) is 6.14. The molecule has 3 heterocycles. The van der Waals surface area contributed by atoms with Crippen molar-refractivity contribution >= 4 is 17.6 Å². The molecular formula is C18H17N5O2S. The molecule has 0 unspecified atom stereocenters. The van der Waals surface area contributed by atoms with E-state index in [1.165, 1.54) is 0 Å². The average molecular weight is 367 g/mol. The number of amides is 1. The zero-order chi connectivity index (χ0) is 18.1. The highest BCUT2D eigenvalue weighted by Gasteiger charge is 2.28. The summed E-state index contributed by atoms with van der Waals surface area (Å²) in [6.45, 7) is 2.78. The van der Waals surface area contributed by atoms with E-state index < -0.39 is 0 Å². The van der Waals surface area contributed by atoms with Crippen molar-refractivity contribution in [2.24, 2.45) is 0 Å². The summed E-state index contributed by atoms with van der Waals surface area (Å²) >= 11 is 1.06. The van der Waals surface area contributed by atoms with Gasteiger partial charge in [0.2, 0.25) is 0 Å². The normalized spacial score (nSPS) is 12.9. The number of carbonyl (C=O) groups excluding carboxylic acids is 1. The molecule has 0 atom stereocenters. The Bertz CT molecular complexity index is 954. The number of benzene rings is 1. The van der Waals surface area contributed by atoms with Crippen LogP contribution in [-0.4, -0.2) is 36.6 Å². The van der Waals surface area contributed by atoms with Crippen LogP contribution in [-0.2, 0) is 19.5 Å². The average Bonchev–Trinajstić information content (AvgIpc) is 3.27. The molecule has 8 heteroatoms. The number of nitrogens with zero attached hydrogens (tertiary/aromatic N) is 5. The van der Waals surface area contributed by atoms with E-state index in [0.717, 1.165) is 40.1 Å². The predicted molar refractivity (Wildman–Crippen MR) is 96.1 cm³/mol. The fourth-order valence-corrected chi connectivity index (χ4v) is 3.47. The smallest absolute Gasteiger partial charge is 0.276 e. The van der Waals surface area contributed by atoms with Gasteiger partial charge in [-0.2, -0.15) is 8.75 Å². The fourth-order valence-electron chi connectivity index (χ4n) is 2.92. The summed E-state index contributed by atoms with van der Waals surface area (Å²) in [5.41, 5.74) is 4.09. The van der Waals surface area contributed by atoms with Crippen molar-refractivity contribution in [3.8, 4) is 5.75 Å². The number of methoxy groups -OCH3 is 1. The second kappa shape index (κ2) is 6.80. The maximum Gasteiger partial charge on any atom is 0.276 e. The van der Waals surface area contributed by atoms with E-state index >= 15 is 0 Å². The molecule has 7 nitrogen and oxygen atoms in total. The minimum atomic E-state index is -0.106. The van der Waals surface area contributed by atoms with Crippen LogP contribution in [0, 0.1) is 6.92 Å². The molecule has 2 aromatic heterocycles. The topological polar surface area (TPSA) is 81.1 Å². The van der Waals surface area contributed by atoms with Crippen molar-refractivity contribution in [3.05, 3.63) is 64.5 Å². The first kappa shape index (κ1) is 16.6.